The summed E-state index contributed by atoms with van der Waals surface area (Å²) in [5, 5.41) is 0. The molecule has 0 aromatic carbocycles. The van der Waals surface area contributed by atoms with Gasteiger partial charge < -0.3 is 4.79 Å². The lowest BCUT2D eigenvalue weighted by atomic mass is 9.48. The van der Waals surface area contributed by atoms with Crippen molar-refractivity contribution in [2.75, 3.05) is 0 Å². The molecule has 0 unspecified atom stereocenters. The van der Waals surface area contributed by atoms with E-state index < -0.39 is 0 Å². The monoisotopic (exact) mass is 122 g/mol. The van der Waals surface area contributed by atoms with Crippen LogP contribution in [0.5, 0.6) is 0 Å². The number of rotatable bonds is 1. The molecule has 1 aliphatic heterocycles. The van der Waals surface area contributed by atoms with Crippen molar-refractivity contribution in [3.8, 4) is 0 Å². The van der Waals surface area contributed by atoms with Crippen LogP contribution in [0.1, 0.15) is 6.42 Å². The van der Waals surface area contributed by atoms with Gasteiger partial charge in [0.15, 0.2) is 11.5 Å². The van der Waals surface area contributed by atoms with Gasteiger partial charge in [-0.25, -0.2) is 0 Å². The summed E-state index contributed by atoms with van der Waals surface area (Å²) < 4.78 is 0. The van der Waals surface area contributed by atoms with Crippen molar-refractivity contribution in [3.05, 3.63) is 12.6 Å². The van der Waals surface area contributed by atoms with Crippen LogP contribution < -0.4 is 0 Å². The first-order chi connectivity index (χ1) is 4.25. The highest BCUT2D eigenvalue weighted by atomic mass is 16.2. The van der Waals surface area contributed by atoms with E-state index in [1.807, 2.05) is 0 Å². The van der Waals surface area contributed by atoms with Gasteiger partial charge in [-0.2, -0.15) is 0 Å². The molecule has 0 radical (unpaired) electrons. The van der Waals surface area contributed by atoms with Gasteiger partial charge in [0.25, 0.3) is 6.71 Å². The van der Waals surface area contributed by atoms with Crippen molar-refractivity contribution in [3.63, 3.8) is 0 Å². The molecule has 0 spiro atoms. The number of carbonyl (C=O) groups is 2. The third kappa shape index (κ3) is 0.945. The molecule has 46 valence electrons. The van der Waals surface area contributed by atoms with E-state index in [1.165, 1.54) is 0 Å². The summed E-state index contributed by atoms with van der Waals surface area (Å²) in [6.45, 7) is 3.27. The van der Waals surface area contributed by atoms with E-state index in [1.54, 1.807) is 5.98 Å². The van der Waals surface area contributed by atoms with Crippen molar-refractivity contribution < 1.29 is 9.59 Å². The minimum Gasteiger partial charge on any atom is -0.302 e. The Kier molecular flexibility index (Phi) is 1.51. The molecular weight excluding hydrogens is 115 g/mol. The summed E-state index contributed by atoms with van der Waals surface area (Å²) in [6, 6.07) is 0. The van der Waals surface area contributed by atoms with E-state index in [4.69, 9.17) is 0 Å². The maximum absolute atomic E-state index is 10.7. The summed E-state index contributed by atoms with van der Waals surface area (Å²) in [4.78, 5) is 21.3. The lowest BCUT2D eigenvalue weighted by Gasteiger charge is -1.86. The topological polar surface area (TPSA) is 34.1 Å². The lowest BCUT2D eigenvalue weighted by molar-refractivity contribution is -0.131. The van der Waals surface area contributed by atoms with Crippen LogP contribution in [0.25, 0.3) is 0 Å². The van der Waals surface area contributed by atoms with E-state index in [-0.39, 0.29) is 18.2 Å². The molecule has 0 saturated carbocycles. The predicted octanol–water partition coefficient (Wildman–Crippen LogP) is 0.287. The van der Waals surface area contributed by atoms with Crippen LogP contribution in [0.2, 0.25) is 6.32 Å². The lowest BCUT2D eigenvalue weighted by Crippen LogP contribution is -2.20. The molecule has 0 atom stereocenters. The number of ketones is 1. The molecule has 0 aromatic heterocycles. The highest BCUT2D eigenvalue weighted by Gasteiger charge is 2.32. The average Bonchev–Trinajstić information content (AvgIpc) is 2.15. The predicted molar refractivity (Wildman–Crippen MR) is 35.4 cm³/mol. The molecule has 0 amide bonds. The second-order valence-electron chi connectivity index (χ2n) is 2.17. The van der Waals surface area contributed by atoms with Gasteiger partial charge in [-0.05, 0) is 0 Å². The SMILES string of the molecule is C=CB1CCC(=O)C1=O. The first-order valence-electron chi connectivity index (χ1n) is 2.95. The summed E-state index contributed by atoms with van der Waals surface area (Å²) in [7, 11) is 0. The zero-order valence-electron chi connectivity index (χ0n) is 5.09. The fourth-order valence-electron chi connectivity index (χ4n) is 0.973. The second-order valence-corrected chi connectivity index (χ2v) is 2.17. The Morgan fingerprint density at radius 1 is 1.56 bits per heavy atom. The second kappa shape index (κ2) is 2.17. The Balaban J connectivity index is 2.73. The molecule has 0 aliphatic carbocycles. The largest absolute Gasteiger partial charge is 0.302 e. The van der Waals surface area contributed by atoms with Gasteiger partial charge in [0.2, 0.25) is 0 Å². The van der Waals surface area contributed by atoms with Gasteiger partial charge >= 0.3 is 0 Å². The van der Waals surface area contributed by atoms with E-state index in [0.717, 1.165) is 0 Å². The highest BCUT2D eigenvalue weighted by Crippen LogP contribution is 2.11. The van der Waals surface area contributed by atoms with Gasteiger partial charge in [0.1, 0.15) is 0 Å². The average molecular weight is 122 g/mol. The molecule has 3 heteroatoms. The molecule has 1 saturated heterocycles. The standard InChI is InChI=1S/C6H7BO2/c1-2-7-4-3-5(8)6(7)9/h2H,1,3-4H2. The van der Waals surface area contributed by atoms with Gasteiger partial charge in [-0.3, -0.25) is 4.79 Å². The number of carbonyl (C=O) groups excluding carboxylic acids is 2. The third-order valence-electron chi connectivity index (χ3n) is 1.58. The Bertz CT molecular complexity index is 174. The molecule has 1 rings (SSSR count). The van der Waals surface area contributed by atoms with Crippen LogP contribution in [-0.2, 0) is 9.59 Å². The summed E-state index contributed by atoms with van der Waals surface area (Å²) in [5.41, 5.74) is -0.259. The van der Waals surface area contributed by atoms with Gasteiger partial charge in [-0.1, -0.05) is 6.32 Å². The van der Waals surface area contributed by atoms with Crippen LogP contribution in [0.3, 0.4) is 0 Å². The summed E-state index contributed by atoms with van der Waals surface area (Å²) in [5.74, 6) is 1.31. The normalized spacial score (nSPS) is 18.9. The Hall–Kier alpha value is -0.855. The molecule has 1 heterocycles. The van der Waals surface area contributed by atoms with Crippen molar-refractivity contribution in [1.29, 1.82) is 0 Å². The first-order valence-corrected chi connectivity index (χ1v) is 2.95. The van der Waals surface area contributed by atoms with Crippen molar-refractivity contribution >= 4 is 18.2 Å². The smallest absolute Gasteiger partial charge is 0.258 e. The number of Topliss-reactive ketones (excluding diaryl/α,β-unsaturated/α-hetero) is 1. The zero-order chi connectivity index (χ0) is 6.85. The van der Waals surface area contributed by atoms with E-state index in [0.29, 0.717) is 12.7 Å². The van der Waals surface area contributed by atoms with E-state index in [2.05, 4.69) is 6.58 Å². The van der Waals surface area contributed by atoms with Crippen molar-refractivity contribution in [2.24, 2.45) is 0 Å². The quantitative estimate of drug-likeness (QED) is 0.370. The van der Waals surface area contributed by atoms with Gasteiger partial charge in [-0.15, -0.1) is 12.6 Å². The fraction of sp³-hybridized carbons (Fsp3) is 0.333. The fourth-order valence-corrected chi connectivity index (χ4v) is 0.973. The van der Waals surface area contributed by atoms with E-state index >= 15 is 0 Å². The molecule has 0 bridgehead atoms. The Morgan fingerprint density at radius 2 is 2.22 bits per heavy atom. The van der Waals surface area contributed by atoms with Crippen LogP contribution in [-0.4, -0.2) is 18.2 Å². The third-order valence-corrected chi connectivity index (χ3v) is 1.58. The Morgan fingerprint density at radius 3 is 2.44 bits per heavy atom. The maximum atomic E-state index is 10.7. The summed E-state index contributed by atoms with van der Waals surface area (Å²) in [6.07, 6.45) is 1.08. The van der Waals surface area contributed by atoms with Crippen LogP contribution in [0.4, 0.5) is 0 Å². The minimum absolute atomic E-state index is 0.183. The van der Waals surface area contributed by atoms with Crippen LogP contribution in [0.15, 0.2) is 12.6 Å². The maximum Gasteiger partial charge on any atom is 0.258 e. The molecule has 9 heavy (non-hydrogen) atoms. The van der Waals surface area contributed by atoms with Crippen LogP contribution in [0, 0.1) is 0 Å². The first kappa shape index (κ1) is 6.27. The minimum atomic E-state index is -0.259. The van der Waals surface area contributed by atoms with Gasteiger partial charge in [0, 0.05) is 6.42 Å². The molecular formula is C6H7BO2. The molecule has 2 nitrogen and oxygen atoms in total. The van der Waals surface area contributed by atoms with Crippen molar-refractivity contribution in [1.82, 2.24) is 0 Å². The molecule has 1 aliphatic rings. The molecule has 0 N–H and O–H groups in total. The number of hydrogen-bond donors (Lipinski definition) is 0. The van der Waals surface area contributed by atoms with Crippen molar-refractivity contribution in [2.45, 2.75) is 12.7 Å². The molecule has 0 aromatic rings. The van der Waals surface area contributed by atoms with E-state index in [9.17, 15) is 9.59 Å². The number of hydrogen-bond acceptors (Lipinski definition) is 2. The molecule has 1 fully saturated rings. The summed E-state index contributed by atoms with van der Waals surface area (Å²) >= 11 is 0. The van der Waals surface area contributed by atoms with Crippen LogP contribution >= 0.6 is 0 Å². The zero-order valence-corrected chi connectivity index (χ0v) is 5.09. The van der Waals surface area contributed by atoms with Gasteiger partial charge in [0.05, 0.1) is 0 Å². The highest BCUT2D eigenvalue weighted by molar-refractivity contribution is 7.05. The Labute approximate surface area is 54.0 Å².